The summed E-state index contributed by atoms with van der Waals surface area (Å²) >= 11 is 0. The topological polar surface area (TPSA) is 117 Å². The van der Waals surface area contributed by atoms with Gasteiger partial charge in [0, 0.05) is 11.8 Å². The fourth-order valence-electron chi connectivity index (χ4n) is 3.57. The Balaban J connectivity index is 1.28. The highest BCUT2D eigenvalue weighted by molar-refractivity contribution is 7.92. The number of carbonyl (C=O) groups is 1. The molecule has 1 aliphatic heterocycles. The molecule has 1 atom stereocenters. The molecular formula is C25H25FN2O6S. The largest absolute Gasteiger partial charge is 0.454 e. The second kappa shape index (κ2) is 10.7. The molecule has 3 N–H and O–H groups in total. The monoisotopic (exact) mass is 500 g/mol. The van der Waals surface area contributed by atoms with Crippen LogP contribution in [0.3, 0.4) is 0 Å². The van der Waals surface area contributed by atoms with Crippen LogP contribution >= 0.6 is 0 Å². The van der Waals surface area contributed by atoms with Crippen LogP contribution in [0, 0.1) is 5.82 Å². The smallest absolute Gasteiger partial charge is 0.262 e. The van der Waals surface area contributed by atoms with Crippen molar-refractivity contribution in [1.82, 2.24) is 0 Å². The van der Waals surface area contributed by atoms with Crippen molar-refractivity contribution in [2.75, 3.05) is 11.5 Å². The van der Waals surface area contributed by atoms with E-state index in [4.69, 9.17) is 19.9 Å². The number of sulfonamides is 1. The summed E-state index contributed by atoms with van der Waals surface area (Å²) in [5, 5.41) is 0. The van der Waals surface area contributed by atoms with Gasteiger partial charge in [-0.25, -0.2) is 12.8 Å². The van der Waals surface area contributed by atoms with Gasteiger partial charge in [0.2, 0.25) is 12.7 Å². The molecule has 0 spiro atoms. The van der Waals surface area contributed by atoms with E-state index in [9.17, 15) is 17.6 Å². The SMILES string of the molecule is NC(=O)C(CCCc1ccc(NS(=O)(=O)c2ccc3c(c2)OCO3)cc1)OCc1ccc(F)cc1. The maximum Gasteiger partial charge on any atom is 0.262 e. The molecule has 0 radical (unpaired) electrons. The van der Waals surface area contributed by atoms with Gasteiger partial charge in [-0.2, -0.15) is 0 Å². The van der Waals surface area contributed by atoms with Gasteiger partial charge in [0.25, 0.3) is 10.0 Å². The summed E-state index contributed by atoms with van der Waals surface area (Å²) in [6.45, 7) is 0.223. The van der Waals surface area contributed by atoms with Crippen molar-refractivity contribution >= 4 is 21.6 Å². The molecule has 0 fully saturated rings. The Morgan fingerprint density at radius 3 is 2.40 bits per heavy atom. The molecular weight excluding hydrogens is 475 g/mol. The Kier molecular flexibility index (Phi) is 7.52. The predicted molar refractivity (Wildman–Crippen MR) is 127 cm³/mol. The number of nitrogens with one attached hydrogen (secondary N) is 1. The number of hydrogen-bond acceptors (Lipinski definition) is 6. The lowest BCUT2D eigenvalue weighted by molar-refractivity contribution is -0.130. The van der Waals surface area contributed by atoms with Gasteiger partial charge >= 0.3 is 0 Å². The summed E-state index contributed by atoms with van der Waals surface area (Å²) < 4.78 is 57.0. The molecule has 0 saturated heterocycles. The van der Waals surface area contributed by atoms with Crippen molar-refractivity contribution in [2.24, 2.45) is 5.73 Å². The van der Waals surface area contributed by atoms with E-state index in [2.05, 4.69) is 4.72 Å². The Bertz CT molecular complexity index is 1280. The fraction of sp³-hybridized carbons (Fsp3) is 0.240. The highest BCUT2D eigenvalue weighted by Gasteiger charge is 2.20. The van der Waals surface area contributed by atoms with Crippen LogP contribution < -0.4 is 19.9 Å². The molecule has 0 aliphatic carbocycles. The third-order valence-corrected chi connectivity index (χ3v) is 6.85. The highest BCUT2D eigenvalue weighted by atomic mass is 32.2. The molecule has 4 rings (SSSR count). The van der Waals surface area contributed by atoms with Crippen LogP contribution in [0.25, 0.3) is 0 Å². The van der Waals surface area contributed by atoms with E-state index in [0.29, 0.717) is 36.4 Å². The fourth-order valence-corrected chi connectivity index (χ4v) is 4.65. The van der Waals surface area contributed by atoms with E-state index in [1.807, 2.05) is 12.1 Å². The lowest BCUT2D eigenvalue weighted by atomic mass is 10.1. The quantitative estimate of drug-likeness (QED) is 0.414. The number of nitrogens with two attached hydrogens (primary N) is 1. The summed E-state index contributed by atoms with van der Waals surface area (Å²) in [6, 6.07) is 17.3. The van der Waals surface area contributed by atoms with Gasteiger partial charge in [-0.05, 0) is 66.8 Å². The van der Waals surface area contributed by atoms with E-state index in [1.54, 1.807) is 30.3 Å². The number of benzene rings is 3. The zero-order valence-corrected chi connectivity index (χ0v) is 19.6. The molecule has 1 amide bonds. The molecule has 0 bridgehead atoms. The maximum atomic E-state index is 13.0. The van der Waals surface area contributed by atoms with Gasteiger partial charge in [-0.15, -0.1) is 0 Å². The van der Waals surface area contributed by atoms with Crippen LogP contribution in [-0.2, 0) is 32.6 Å². The van der Waals surface area contributed by atoms with Gasteiger partial charge in [-0.3, -0.25) is 9.52 Å². The number of halogens is 1. The molecule has 1 aliphatic rings. The minimum atomic E-state index is -3.79. The van der Waals surface area contributed by atoms with Crippen LogP contribution in [0.15, 0.2) is 71.6 Å². The molecule has 10 heteroatoms. The zero-order chi connectivity index (χ0) is 24.8. The first kappa shape index (κ1) is 24.5. The number of amides is 1. The molecule has 184 valence electrons. The average Bonchev–Trinajstić information content (AvgIpc) is 3.31. The summed E-state index contributed by atoms with van der Waals surface area (Å²) in [5.41, 5.74) is 7.59. The molecule has 8 nitrogen and oxygen atoms in total. The van der Waals surface area contributed by atoms with Crippen molar-refractivity contribution < 1.29 is 31.8 Å². The summed E-state index contributed by atoms with van der Waals surface area (Å²) in [6.07, 6.45) is 0.959. The Hall–Kier alpha value is -3.63. The van der Waals surface area contributed by atoms with Crippen molar-refractivity contribution in [3.63, 3.8) is 0 Å². The van der Waals surface area contributed by atoms with Crippen LogP contribution in [0.5, 0.6) is 11.5 Å². The number of hydrogen-bond donors (Lipinski definition) is 2. The summed E-state index contributed by atoms with van der Waals surface area (Å²) in [5.74, 6) is -0.000740. The third kappa shape index (κ3) is 6.49. The van der Waals surface area contributed by atoms with Crippen LogP contribution in [0.2, 0.25) is 0 Å². The predicted octanol–water partition coefficient (Wildman–Crippen LogP) is 3.75. The first-order chi connectivity index (χ1) is 16.8. The molecule has 1 heterocycles. The van der Waals surface area contributed by atoms with Crippen LogP contribution in [0.1, 0.15) is 24.0 Å². The molecule has 35 heavy (non-hydrogen) atoms. The van der Waals surface area contributed by atoms with E-state index in [0.717, 1.165) is 11.1 Å². The molecule has 3 aromatic carbocycles. The Morgan fingerprint density at radius 2 is 1.69 bits per heavy atom. The maximum absolute atomic E-state index is 13.0. The van der Waals surface area contributed by atoms with E-state index < -0.39 is 22.0 Å². The van der Waals surface area contributed by atoms with Crippen molar-refractivity contribution in [2.45, 2.75) is 36.9 Å². The molecule has 0 saturated carbocycles. The van der Waals surface area contributed by atoms with Crippen molar-refractivity contribution in [1.29, 1.82) is 0 Å². The normalized spacial score (nSPS) is 13.4. The number of rotatable bonds is 11. The molecule has 0 aromatic heterocycles. The van der Waals surface area contributed by atoms with Gasteiger partial charge in [0.05, 0.1) is 11.5 Å². The van der Waals surface area contributed by atoms with Crippen molar-refractivity contribution in [3.8, 4) is 11.5 Å². The summed E-state index contributed by atoms with van der Waals surface area (Å²) in [7, 11) is -3.79. The Morgan fingerprint density at radius 1 is 1.00 bits per heavy atom. The van der Waals surface area contributed by atoms with Gasteiger partial charge in [0.1, 0.15) is 11.9 Å². The number of carbonyl (C=O) groups excluding carboxylic acids is 1. The minimum absolute atomic E-state index is 0.0638. The van der Waals surface area contributed by atoms with E-state index in [-0.39, 0.29) is 24.1 Å². The van der Waals surface area contributed by atoms with Crippen LogP contribution in [0.4, 0.5) is 10.1 Å². The first-order valence-corrected chi connectivity index (χ1v) is 12.5. The first-order valence-electron chi connectivity index (χ1n) is 11.0. The molecule has 1 unspecified atom stereocenters. The third-order valence-electron chi connectivity index (χ3n) is 5.47. The van der Waals surface area contributed by atoms with E-state index >= 15 is 0 Å². The lowest BCUT2D eigenvalue weighted by Gasteiger charge is -2.15. The zero-order valence-electron chi connectivity index (χ0n) is 18.8. The second-order valence-corrected chi connectivity index (χ2v) is 9.72. The standard InChI is InChI=1S/C25H25FN2O6S/c26-19-8-4-18(5-9-19)15-32-23(25(27)29)3-1-2-17-6-10-20(11-7-17)28-35(30,31)21-12-13-22-24(14-21)34-16-33-22/h4-14,23,28H,1-3,15-16H2,(H2,27,29). The average molecular weight is 501 g/mol. The number of ether oxygens (including phenoxy) is 3. The number of anilines is 1. The second-order valence-electron chi connectivity index (χ2n) is 8.04. The number of aryl methyl sites for hydroxylation is 1. The Labute approximate surface area is 202 Å². The van der Waals surface area contributed by atoms with Gasteiger partial charge < -0.3 is 19.9 Å². The number of primary amides is 1. The van der Waals surface area contributed by atoms with Crippen LogP contribution in [-0.4, -0.2) is 27.2 Å². The van der Waals surface area contributed by atoms with E-state index in [1.165, 1.54) is 24.3 Å². The minimum Gasteiger partial charge on any atom is -0.454 e. The summed E-state index contributed by atoms with van der Waals surface area (Å²) in [4.78, 5) is 11.8. The highest BCUT2D eigenvalue weighted by Crippen LogP contribution is 2.34. The van der Waals surface area contributed by atoms with Crippen molar-refractivity contribution in [3.05, 3.63) is 83.7 Å². The number of fused-ring (bicyclic) bond motifs is 1. The van der Waals surface area contributed by atoms with Gasteiger partial charge in [0.15, 0.2) is 11.5 Å². The molecule has 3 aromatic rings. The van der Waals surface area contributed by atoms with Gasteiger partial charge in [-0.1, -0.05) is 24.3 Å². The lowest BCUT2D eigenvalue weighted by Crippen LogP contribution is -2.31.